The van der Waals surface area contributed by atoms with Crippen molar-refractivity contribution in [1.82, 2.24) is 14.6 Å². The van der Waals surface area contributed by atoms with E-state index in [4.69, 9.17) is 16.9 Å². The van der Waals surface area contributed by atoms with E-state index >= 15 is 0 Å². The Morgan fingerprint density at radius 1 is 1.26 bits per heavy atom. The number of carbonyl (C=O) groups excluding carboxylic acids is 1. The summed E-state index contributed by atoms with van der Waals surface area (Å²) < 4.78 is 15.8. The molecular formula is C24H22ClFN6O2. The first-order valence-corrected chi connectivity index (χ1v) is 11.0. The number of anilines is 1. The van der Waals surface area contributed by atoms with Gasteiger partial charge in [0.2, 0.25) is 5.95 Å². The average Bonchev–Trinajstić information content (AvgIpc) is 2.82. The predicted octanol–water partition coefficient (Wildman–Crippen LogP) is 2.92. The number of hydrogen-bond acceptors (Lipinski definition) is 6. The van der Waals surface area contributed by atoms with Crippen LogP contribution in [0.1, 0.15) is 32.7 Å². The molecule has 1 aliphatic rings. The monoisotopic (exact) mass is 480 g/mol. The molecule has 8 nitrogen and oxygen atoms in total. The van der Waals surface area contributed by atoms with Crippen molar-refractivity contribution in [3.05, 3.63) is 91.6 Å². The summed E-state index contributed by atoms with van der Waals surface area (Å²) in [5, 5.41) is 14.4. The van der Waals surface area contributed by atoms with Gasteiger partial charge in [-0.1, -0.05) is 23.7 Å². The van der Waals surface area contributed by atoms with Crippen molar-refractivity contribution < 1.29 is 9.18 Å². The molecule has 1 N–H and O–H groups in total. The molecule has 1 amide bonds. The lowest BCUT2D eigenvalue weighted by Crippen LogP contribution is -2.45. The third kappa shape index (κ3) is 4.58. The summed E-state index contributed by atoms with van der Waals surface area (Å²) in [7, 11) is 3.45. The largest absolute Gasteiger partial charge is 0.350 e. The fraction of sp³-hybridized carbons (Fsp3) is 0.250. The molecule has 2 heterocycles. The molecule has 1 aliphatic heterocycles. The fourth-order valence-corrected chi connectivity index (χ4v) is 3.96. The van der Waals surface area contributed by atoms with Crippen molar-refractivity contribution >= 4 is 23.5 Å². The second kappa shape index (κ2) is 9.53. The van der Waals surface area contributed by atoms with E-state index in [1.54, 1.807) is 31.2 Å². The summed E-state index contributed by atoms with van der Waals surface area (Å²) in [6.07, 6.45) is 0.359. The number of halogens is 2. The lowest BCUT2D eigenvalue weighted by atomic mass is 10.0. The van der Waals surface area contributed by atoms with Crippen LogP contribution >= 0.6 is 11.6 Å². The maximum Gasteiger partial charge on any atom is 0.278 e. The number of benzene rings is 2. The van der Waals surface area contributed by atoms with Crippen LogP contribution in [0.5, 0.6) is 0 Å². The molecule has 174 valence electrons. The molecule has 0 bridgehead atoms. The smallest absolute Gasteiger partial charge is 0.278 e. The van der Waals surface area contributed by atoms with Crippen LogP contribution in [0, 0.1) is 17.1 Å². The molecular weight excluding hydrogens is 459 g/mol. The second-order valence-corrected chi connectivity index (χ2v) is 8.52. The quantitative estimate of drug-likeness (QED) is 0.603. The first-order valence-electron chi connectivity index (χ1n) is 10.6. The highest BCUT2D eigenvalue weighted by Crippen LogP contribution is 2.21. The number of aromatic nitrogens is 2. The number of nitrogens with zero attached hydrogens (tertiary/aromatic N) is 5. The first kappa shape index (κ1) is 23.3. The van der Waals surface area contributed by atoms with E-state index in [1.165, 1.54) is 21.7 Å². The summed E-state index contributed by atoms with van der Waals surface area (Å²) in [6, 6.07) is 12.9. The van der Waals surface area contributed by atoms with Crippen molar-refractivity contribution in [3.63, 3.8) is 0 Å². The maximum absolute atomic E-state index is 14.4. The van der Waals surface area contributed by atoms with Gasteiger partial charge >= 0.3 is 0 Å². The van der Waals surface area contributed by atoms with Crippen LogP contribution in [0.2, 0.25) is 5.02 Å². The molecule has 0 spiro atoms. The molecule has 0 radical (unpaired) electrons. The van der Waals surface area contributed by atoms with E-state index in [0.717, 1.165) is 11.6 Å². The molecule has 0 fully saturated rings. The van der Waals surface area contributed by atoms with Gasteiger partial charge in [0.05, 0.1) is 35.0 Å². The minimum atomic E-state index is -0.763. The molecule has 10 heteroatoms. The zero-order chi connectivity index (χ0) is 24.4. The molecule has 0 atom stereocenters. The van der Waals surface area contributed by atoms with Gasteiger partial charge in [0, 0.05) is 38.6 Å². The van der Waals surface area contributed by atoms with E-state index in [2.05, 4.69) is 10.3 Å². The van der Waals surface area contributed by atoms with Gasteiger partial charge in [-0.3, -0.25) is 9.59 Å². The van der Waals surface area contributed by atoms with E-state index in [9.17, 15) is 14.0 Å². The molecule has 2 aromatic carbocycles. The number of nitriles is 1. The van der Waals surface area contributed by atoms with Gasteiger partial charge in [-0.15, -0.1) is 0 Å². The third-order valence-electron chi connectivity index (χ3n) is 5.59. The van der Waals surface area contributed by atoms with Crippen LogP contribution in [-0.4, -0.2) is 41.1 Å². The standard InChI is InChI=1S/C24H22ClFN6O2/c1-30(2)32-23(34)19-14-31(22(33)18-8-5-16(12-27)11-20(18)26)10-9-21(19)29-24(32)28-13-15-3-6-17(25)7-4-15/h3-8,11H,9-10,13-14H2,1-2H3,(H,28,29). The Kier molecular flexibility index (Phi) is 6.52. The second-order valence-electron chi connectivity index (χ2n) is 8.09. The normalized spacial score (nSPS) is 12.6. The van der Waals surface area contributed by atoms with Crippen molar-refractivity contribution in [3.8, 4) is 6.07 Å². The van der Waals surface area contributed by atoms with Crippen LogP contribution < -0.4 is 15.9 Å². The highest BCUT2D eigenvalue weighted by Gasteiger charge is 2.28. The number of amides is 1. The fourth-order valence-electron chi connectivity index (χ4n) is 3.84. The van der Waals surface area contributed by atoms with Gasteiger partial charge in [-0.25, -0.2) is 9.37 Å². The highest BCUT2D eigenvalue weighted by molar-refractivity contribution is 6.30. The van der Waals surface area contributed by atoms with Gasteiger partial charge in [-0.05, 0) is 35.9 Å². The van der Waals surface area contributed by atoms with Crippen molar-refractivity contribution in [1.29, 1.82) is 5.26 Å². The number of fused-ring (bicyclic) bond motifs is 1. The lowest BCUT2D eigenvalue weighted by Gasteiger charge is -2.30. The van der Waals surface area contributed by atoms with E-state index in [-0.39, 0.29) is 23.2 Å². The molecule has 1 aromatic heterocycles. The Bertz CT molecular complexity index is 1350. The molecule has 0 saturated heterocycles. The van der Waals surface area contributed by atoms with Crippen LogP contribution in [0.4, 0.5) is 10.3 Å². The summed E-state index contributed by atoms with van der Waals surface area (Å²) in [5.74, 6) is -0.907. The van der Waals surface area contributed by atoms with Gasteiger partial charge in [-0.2, -0.15) is 9.94 Å². The van der Waals surface area contributed by atoms with E-state index in [1.807, 2.05) is 18.2 Å². The molecule has 0 aliphatic carbocycles. The topological polar surface area (TPSA) is 94.3 Å². The maximum atomic E-state index is 14.4. The minimum Gasteiger partial charge on any atom is -0.350 e. The first-order chi connectivity index (χ1) is 16.3. The summed E-state index contributed by atoms with van der Waals surface area (Å²) >= 11 is 5.94. The Hall–Kier alpha value is -3.90. The zero-order valence-electron chi connectivity index (χ0n) is 18.7. The summed E-state index contributed by atoms with van der Waals surface area (Å²) in [5.41, 5.74) is 1.67. The average molecular weight is 481 g/mol. The van der Waals surface area contributed by atoms with Crippen molar-refractivity contribution in [2.45, 2.75) is 19.5 Å². The van der Waals surface area contributed by atoms with Crippen LogP contribution in [-0.2, 0) is 19.5 Å². The van der Waals surface area contributed by atoms with Crippen LogP contribution in [0.15, 0.2) is 47.3 Å². The van der Waals surface area contributed by atoms with E-state index < -0.39 is 11.7 Å². The SMILES string of the molecule is CN(C)n1c(NCc2ccc(Cl)cc2)nc2c(c1=O)CN(C(=O)c1ccc(C#N)cc1F)CC2. The predicted molar refractivity (Wildman–Crippen MR) is 127 cm³/mol. The lowest BCUT2D eigenvalue weighted by molar-refractivity contribution is 0.0727. The summed E-state index contributed by atoms with van der Waals surface area (Å²) in [4.78, 5) is 32.4. The van der Waals surface area contributed by atoms with Crippen molar-refractivity contribution in [2.75, 3.05) is 31.0 Å². The third-order valence-corrected chi connectivity index (χ3v) is 5.84. The number of carbonyl (C=O) groups is 1. The van der Waals surface area contributed by atoms with Gasteiger partial charge in [0.15, 0.2) is 0 Å². The minimum absolute atomic E-state index is 0.0186. The molecule has 3 aromatic rings. The Balaban J connectivity index is 1.61. The molecule has 0 unspecified atom stereocenters. The Morgan fingerprint density at radius 3 is 2.65 bits per heavy atom. The highest BCUT2D eigenvalue weighted by atomic mass is 35.5. The number of rotatable bonds is 5. The van der Waals surface area contributed by atoms with Gasteiger partial charge < -0.3 is 15.2 Å². The zero-order valence-corrected chi connectivity index (χ0v) is 19.4. The Labute approximate surface area is 200 Å². The molecule has 0 saturated carbocycles. The molecule has 34 heavy (non-hydrogen) atoms. The van der Waals surface area contributed by atoms with E-state index in [0.29, 0.717) is 41.7 Å². The Morgan fingerprint density at radius 2 is 2.00 bits per heavy atom. The molecule has 4 rings (SSSR count). The van der Waals surface area contributed by atoms with Gasteiger partial charge in [0.1, 0.15) is 5.82 Å². The van der Waals surface area contributed by atoms with Crippen LogP contribution in [0.25, 0.3) is 0 Å². The van der Waals surface area contributed by atoms with Gasteiger partial charge in [0.25, 0.3) is 11.5 Å². The number of hydrogen-bond donors (Lipinski definition) is 1. The number of nitrogens with one attached hydrogen (secondary N) is 1. The van der Waals surface area contributed by atoms with Crippen molar-refractivity contribution in [2.24, 2.45) is 0 Å². The summed E-state index contributed by atoms with van der Waals surface area (Å²) in [6.45, 7) is 0.754. The van der Waals surface area contributed by atoms with Crippen LogP contribution in [0.3, 0.4) is 0 Å².